The molecule has 2 aromatic rings. The normalized spacial score (nSPS) is 20.8. The summed E-state index contributed by atoms with van der Waals surface area (Å²) >= 11 is 6.17. The number of nitrogens with zero attached hydrogens (tertiary/aromatic N) is 1. The lowest BCUT2D eigenvalue weighted by molar-refractivity contribution is -0.0629. The van der Waals surface area contributed by atoms with Crippen LogP contribution in [0.3, 0.4) is 0 Å². The highest BCUT2D eigenvalue weighted by molar-refractivity contribution is 7.88. The van der Waals surface area contributed by atoms with Crippen molar-refractivity contribution in [1.29, 1.82) is 0 Å². The molecule has 0 aromatic heterocycles. The van der Waals surface area contributed by atoms with Gasteiger partial charge in [-0.15, -0.1) is 0 Å². The minimum absolute atomic E-state index is 0.103. The number of benzene rings is 2. The van der Waals surface area contributed by atoms with Gasteiger partial charge in [-0.3, -0.25) is 0 Å². The minimum atomic E-state index is -3.52. The number of halogens is 1. The largest absolute Gasteiger partial charge is 0.375 e. The lowest BCUT2D eigenvalue weighted by Crippen LogP contribution is -2.58. The maximum atomic E-state index is 13.1. The first-order valence-corrected chi connectivity index (χ1v) is 10.7. The molecule has 0 spiro atoms. The van der Waals surface area contributed by atoms with Crippen molar-refractivity contribution in [3.63, 3.8) is 0 Å². The van der Waals surface area contributed by atoms with Crippen molar-refractivity contribution in [3.05, 3.63) is 70.7 Å². The molecule has 4 nitrogen and oxygen atoms in total. The molecule has 26 heavy (non-hydrogen) atoms. The SMILES string of the molecule is CC1(C)COC(Cc2ccccc2)CN1S(=O)(=O)Cc1ccccc1Cl. The van der Waals surface area contributed by atoms with Crippen molar-refractivity contribution in [2.24, 2.45) is 0 Å². The molecule has 2 aromatic carbocycles. The lowest BCUT2D eigenvalue weighted by atomic mass is 10.0. The van der Waals surface area contributed by atoms with Crippen LogP contribution in [0.15, 0.2) is 54.6 Å². The van der Waals surface area contributed by atoms with Gasteiger partial charge in [0.2, 0.25) is 10.0 Å². The van der Waals surface area contributed by atoms with Gasteiger partial charge in [0, 0.05) is 11.6 Å². The van der Waals surface area contributed by atoms with E-state index in [1.54, 1.807) is 28.6 Å². The van der Waals surface area contributed by atoms with E-state index in [4.69, 9.17) is 16.3 Å². The third-order valence-electron chi connectivity index (χ3n) is 4.65. The minimum Gasteiger partial charge on any atom is -0.375 e. The molecule has 1 saturated heterocycles. The van der Waals surface area contributed by atoms with Crippen LogP contribution in [-0.4, -0.2) is 37.5 Å². The molecule has 3 rings (SSSR count). The van der Waals surface area contributed by atoms with Crippen LogP contribution in [0.1, 0.15) is 25.0 Å². The summed E-state index contributed by atoms with van der Waals surface area (Å²) in [6, 6.07) is 17.1. The molecule has 0 bridgehead atoms. The second-order valence-corrected chi connectivity index (χ2v) is 9.61. The summed E-state index contributed by atoms with van der Waals surface area (Å²) in [7, 11) is -3.52. The first-order chi connectivity index (χ1) is 12.3. The number of sulfonamides is 1. The van der Waals surface area contributed by atoms with Gasteiger partial charge in [-0.1, -0.05) is 60.1 Å². The Hall–Kier alpha value is -1.40. The number of hydrogen-bond acceptors (Lipinski definition) is 3. The van der Waals surface area contributed by atoms with E-state index in [1.165, 1.54) is 0 Å². The van der Waals surface area contributed by atoms with Crippen molar-refractivity contribution in [1.82, 2.24) is 4.31 Å². The molecule has 0 aliphatic carbocycles. The highest BCUT2D eigenvalue weighted by Crippen LogP contribution is 2.29. The Kier molecular flexibility index (Phi) is 5.72. The summed E-state index contributed by atoms with van der Waals surface area (Å²) in [4.78, 5) is 0. The zero-order valence-electron chi connectivity index (χ0n) is 15.1. The third kappa shape index (κ3) is 4.46. The van der Waals surface area contributed by atoms with E-state index < -0.39 is 15.6 Å². The quantitative estimate of drug-likeness (QED) is 0.774. The molecular formula is C20H24ClNO3S. The summed E-state index contributed by atoms with van der Waals surface area (Å²) in [6.45, 7) is 4.51. The average Bonchev–Trinajstić information content (AvgIpc) is 2.59. The van der Waals surface area contributed by atoms with Crippen LogP contribution in [0, 0.1) is 0 Å². The molecule has 140 valence electrons. The van der Waals surface area contributed by atoms with E-state index in [9.17, 15) is 8.42 Å². The maximum absolute atomic E-state index is 13.1. The second-order valence-electron chi connectivity index (χ2n) is 7.31. The summed E-state index contributed by atoms with van der Waals surface area (Å²) < 4.78 is 33.8. The van der Waals surface area contributed by atoms with Gasteiger partial charge in [0.1, 0.15) is 0 Å². The molecule has 0 amide bonds. The van der Waals surface area contributed by atoms with Crippen LogP contribution in [-0.2, 0) is 26.9 Å². The molecule has 6 heteroatoms. The molecule has 0 N–H and O–H groups in total. The molecular weight excluding hydrogens is 370 g/mol. The highest BCUT2D eigenvalue weighted by atomic mass is 35.5. The summed E-state index contributed by atoms with van der Waals surface area (Å²) in [5.74, 6) is -0.103. The van der Waals surface area contributed by atoms with Crippen molar-refractivity contribution >= 4 is 21.6 Å². The standard InChI is InChI=1S/C20H24ClNO3S/c1-20(2)15-25-18(12-16-8-4-3-5-9-16)13-22(20)26(23,24)14-17-10-6-7-11-19(17)21/h3-11,18H,12-15H2,1-2H3. The molecule has 0 radical (unpaired) electrons. The fourth-order valence-electron chi connectivity index (χ4n) is 3.26. The molecule has 0 saturated carbocycles. The summed E-state index contributed by atoms with van der Waals surface area (Å²) in [6.07, 6.45) is 0.529. The van der Waals surface area contributed by atoms with Gasteiger partial charge < -0.3 is 4.74 Å². The van der Waals surface area contributed by atoms with Gasteiger partial charge in [0.05, 0.1) is 24.0 Å². The van der Waals surface area contributed by atoms with E-state index in [0.717, 1.165) is 5.56 Å². The monoisotopic (exact) mass is 393 g/mol. The van der Waals surface area contributed by atoms with E-state index in [2.05, 4.69) is 0 Å². The Morgan fingerprint density at radius 2 is 1.77 bits per heavy atom. The Morgan fingerprint density at radius 1 is 1.12 bits per heavy atom. The first-order valence-electron chi connectivity index (χ1n) is 8.67. The van der Waals surface area contributed by atoms with Gasteiger partial charge in [-0.2, -0.15) is 4.31 Å². The number of rotatable bonds is 5. The zero-order chi connectivity index (χ0) is 18.8. The maximum Gasteiger partial charge on any atom is 0.218 e. The van der Waals surface area contributed by atoms with E-state index in [1.807, 2.05) is 44.2 Å². The average molecular weight is 394 g/mol. The van der Waals surface area contributed by atoms with Crippen LogP contribution in [0.4, 0.5) is 0 Å². The van der Waals surface area contributed by atoms with Crippen LogP contribution in [0.2, 0.25) is 5.02 Å². The van der Waals surface area contributed by atoms with E-state index in [0.29, 0.717) is 30.2 Å². The first kappa shape index (κ1) is 19.4. The Morgan fingerprint density at radius 3 is 2.46 bits per heavy atom. The number of morpholine rings is 1. The molecule has 1 aliphatic rings. The Balaban J connectivity index is 1.79. The van der Waals surface area contributed by atoms with Crippen LogP contribution in [0.25, 0.3) is 0 Å². The number of ether oxygens (including phenoxy) is 1. The summed E-state index contributed by atoms with van der Waals surface area (Å²) in [5.41, 5.74) is 1.17. The molecule has 1 heterocycles. The predicted molar refractivity (Wildman–Crippen MR) is 105 cm³/mol. The smallest absolute Gasteiger partial charge is 0.218 e. The van der Waals surface area contributed by atoms with Crippen molar-refractivity contribution in [2.45, 2.75) is 37.7 Å². The van der Waals surface area contributed by atoms with Gasteiger partial charge in [0.25, 0.3) is 0 Å². The molecule has 1 fully saturated rings. The van der Waals surface area contributed by atoms with Crippen LogP contribution in [0.5, 0.6) is 0 Å². The molecule has 1 atom stereocenters. The summed E-state index contributed by atoms with van der Waals surface area (Å²) in [5, 5.41) is 0.475. The van der Waals surface area contributed by atoms with E-state index in [-0.39, 0.29) is 11.9 Å². The van der Waals surface area contributed by atoms with Gasteiger partial charge in [0.15, 0.2) is 0 Å². The van der Waals surface area contributed by atoms with Crippen LogP contribution < -0.4 is 0 Å². The number of hydrogen-bond donors (Lipinski definition) is 0. The van der Waals surface area contributed by atoms with Crippen molar-refractivity contribution in [2.75, 3.05) is 13.2 Å². The van der Waals surface area contributed by atoms with E-state index >= 15 is 0 Å². The molecule has 1 aliphatic heterocycles. The predicted octanol–water partition coefficient (Wildman–Crippen LogP) is 3.89. The highest BCUT2D eigenvalue weighted by Gasteiger charge is 2.42. The van der Waals surface area contributed by atoms with Gasteiger partial charge in [-0.05, 0) is 37.5 Å². The van der Waals surface area contributed by atoms with Gasteiger partial charge >= 0.3 is 0 Å². The van der Waals surface area contributed by atoms with Crippen LogP contribution >= 0.6 is 11.6 Å². The second kappa shape index (κ2) is 7.69. The Labute approximate surface area is 160 Å². The Bertz CT molecular complexity index is 852. The third-order valence-corrected chi connectivity index (χ3v) is 7.01. The lowest BCUT2D eigenvalue weighted by Gasteiger charge is -2.44. The molecule has 1 unspecified atom stereocenters. The zero-order valence-corrected chi connectivity index (χ0v) is 16.6. The fourth-order valence-corrected chi connectivity index (χ4v) is 5.54. The van der Waals surface area contributed by atoms with Crippen molar-refractivity contribution < 1.29 is 13.2 Å². The topological polar surface area (TPSA) is 46.6 Å². The van der Waals surface area contributed by atoms with Crippen molar-refractivity contribution in [3.8, 4) is 0 Å². The van der Waals surface area contributed by atoms with Gasteiger partial charge in [-0.25, -0.2) is 8.42 Å². The fraction of sp³-hybridized carbons (Fsp3) is 0.400.